The number of nitrogens with one attached hydrogen (secondary N) is 1. The van der Waals surface area contributed by atoms with Gasteiger partial charge >= 0.3 is 0 Å². The molecule has 0 fully saturated rings. The van der Waals surface area contributed by atoms with Gasteiger partial charge in [0.15, 0.2) is 0 Å². The average molecular weight is 265 g/mol. The van der Waals surface area contributed by atoms with Crippen LogP contribution in [0.25, 0.3) is 0 Å². The first kappa shape index (κ1) is 15.5. The van der Waals surface area contributed by atoms with Crippen molar-refractivity contribution in [3.63, 3.8) is 0 Å². The number of amides is 1. The first-order valence-electron chi connectivity index (χ1n) is 6.44. The molecule has 0 radical (unpaired) electrons. The first-order chi connectivity index (χ1) is 8.88. The van der Waals surface area contributed by atoms with Crippen molar-refractivity contribution in [1.29, 1.82) is 0 Å². The topological polar surface area (TPSA) is 58.6 Å². The summed E-state index contributed by atoms with van der Waals surface area (Å²) in [6, 6.07) is 6.96. The predicted molar refractivity (Wildman–Crippen MR) is 75.4 cm³/mol. The van der Waals surface area contributed by atoms with Gasteiger partial charge in [0.2, 0.25) is 0 Å². The van der Waals surface area contributed by atoms with Crippen molar-refractivity contribution in [2.24, 2.45) is 5.41 Å². The van der Waals surface area contributed by atoms with E-state index in [2.05, 4.69) is 5.32 Å². The van der Waals surface area contributed by atoms with E-state index in [0.29, 0.717) is 17.7 Å². The Balaban J connectivity index is 2.81. The van der Waals surface area contributed by atoms with Crippen LogP contribution in [0.4, 0.5) is 0 Å². The zero-order valence-electron chi connectivity index (χ0n) is 12.1. The molecule has 1 atom stereocenters. The van der Waals surface area contributed by atoms with Gasteiger partial charge in [-0.3, -0.25) is 4.79 Å². The van der Waals surface area contributed by atoms with Gasteiger partial charge in [0.1, 0.15) is 5.75 Å². The van der Waals surface area contributed by atoms with E-state index >= 15 is 0 Å². The largest absolute Gasteiger partial charge is 0.497 e. The van der Waals surface area contributed by atoms with E-state index in [9.17, 15) is 4.79 Å². The maximum Gasteiger partial charge on any atom is 0.251 e. The number of rotatable bonds is 5. The highest BCUT2D eigenvalue weighted by atomic mass is 16.5. The van der Waals surface area contributed by atoms with Crippen molar-refractivity contribution in [3.05, 3.63) is 29.8 Å². The summed E-state index contributed by atoms with van der Waals surface area (Å²) in [6.45, 7) is 6.18. The van der Waals surface area contributed by atoms with Crippen molar-refractivity contribution in [1.82, 2.24) is 5.32 Å². The lowest BCUT2D eigenvalue weighted by molar-refractivity contribution is 0.0885. The molecule has 0 heterocycles. The Bertz CT molecular complexity index is 424. The van der Waals surface area contributed by atoms with Crippen LogP contribution in [-0.2, 0) is 0 Å². The van der Waals surface area contributed by atoms with Gasteiger partial charge in [0.25, 0.3) is 5.91 Å². The summed E-state index contributed by atoms with van der Waals surface area (Å²) in [5.41, 5.74) is 0.462. The smallest absolute Gasteiger partial charge is 0.251 e. The van der Waals surface area contributed by atoms with Crippen LogP contribution in [0.1, 0.15) is 37.6 Å². The molecule has 106 valence electrons. The maximum absolute atomic E-state index is 12.2. The molecule has 0 aromatic heterocycles. The van der Waals surface area contributed by atoms with Crippen molar-refractivity contribution in [2.45, 2.75) is 33.2 Å². The molecule has 1 aromatic rings. The lowest BCUT2D eigenvalue weighted by Gasteiger charge is -2.31. The number of hydrogen-bond donors (Lipinski definition) is 2. The molecule has 4 heteroatoms. The van der Waals surface area contributed by atoms with Gasteiger partial charge in [-0.2, -0.15) is 0 Å². The summed E-state index contributed by atoms with van der Waals surface area (Å²) in [5.74, 6) is 0.509. The molecule has 1 rings (SSSR count). The fourth-order valence-corrected chi connectivity index (χ4v) is 1.86. The minimum absolute atomic E-state index is 0.0559. The molecule has 0 spiro atoms. The van der Waals surface area contributed by atoms with Crippen LogP contribution < -0.4 is 10.1 Å². The summed E-state index contributed by atoms with van der Waals surface area (Å²) < 4.78 is 5.10. The lowest BCUT2D eigenvalue weighted by Crippen LogP contribution is -2.44. The SMILES string of the molecule is COc1cccc(C(=O)NC(CCO)C(C)(C)C)c1. The Hall–Kier alpha value is -1.55. The number of methoxy groups -OCH3 is 1. The van der Waals surface area contributed by atoms with E-state index < -0.39 is 0 Å². The van der Waals surface area contributed by atoms with Crippen LogP contribution in [0, 0.1) is 5.41 Å². The highest BCUT2D eigenvalue weighted by Gasteiger charge is 2.26. The predicted octanol–water partition coefficient (Wildman–Crippen LogP) is 2.22. The second kappa shape index (κ2) is 6.57. The zero-order valence-corrected chi connectivity index (χ0v) is 12.1. The number of hydrogen-bond acceptors (Lipinski definition) is 3. The van der Waals surface area contributed by atoms with Gasteiger partial charge in [-0.25, -0.2) is 0 Å². The van der Waals surface area contributed by atoms with Crippen molar-refractivity contribution in [2.75, 3.05) is 13.7 Å². The lowest BCUT2D eigenvalue weighted by atomic mass is 9.85. The van der Waals surface area contributed by atoms with E-state index in [1.165, 1.54) is 0 Å². The zero-order chi connectivity index (χ0) is 14.5. The van der Waals surface area contributed by atoms with E-state index in [4.69, 9.17) is 9.84 Å². The fourth-order valence-electron chi connectivity index (χ4n) is 1.86. The van der Waals surface area contributed by atoms with Crippen molar-refractivity contribution < 1.29 is 14.6 Å². The number of ether oxygens (including phenoxy) is 1. The Labute approximate surface area is 114 Å². The molecule has 1 amide bonds. The van der Waals surface area contributed by atoms with Gasteiger partial charge in [-0.05, 0) is 30.0 Å². The molecule has 0 aliphatic carbocycles. The highest BCUT2D eigenvalue weighted by molar-refractivity contribution is 5.94. The molecule has 2 N–H and O–H groups in total. The van der Waals surface area contributed by atoms with Crippen LogP contribution in [0.5, 0.6) is 5.75 Å². The van der Waals surface area contributed by atoms with Crippen LogP contribution in [-0.4, -0.2) is 30.8 Å². The van der Waals surface area contributed by atoms with Gasteiger partial charge < -0.3 is 15.2 Å². The molecule has 4 nitrogen and oxygen atoms in total. The summed E-state index contributed by atoms with van der Waals surface area (Å²) in [6.07, 6.45) is 0.541. The van der Waals surface area contributed by atoms with E-state index in [0.717, 1.165) is 0 Å². The summed E-state index contributed by atoms with van der Waals surface area (Å²) in [4.78, 5) is 12.2. The number of carbonyl (C=O) groups is 1. The Kier molecular flexibility index (Phi) is 5.36. The number of carbonyl (C=O) groups excluding carboxylic acids is 1. The van der Waals surface area contributed by atoms with Gasteiger partial charge in [0, 0.05) is 18.2 Å². The van der Waals surface area contributed by atoms with Crippen LogP contribution in [0.3, 0.4) is 0 Å². The minimum Gasteiger partial charge on any atom is -0.497 e. The third-order valence-electron chi connectivity index (χ3n) is 3.10. The second-order valence-electron chi connectivity index (χ2n) is 5.64. The number of aliphatic hydroxyl groups excluding tert-OH is 1. The fraction of sp³-hybridized carbons (Fsp3) is 0.533. The normalized spacial score (nSPS) is 12.9. The second-order valence-corrected chi connectivity index (χ2v) is 5.64. The molecule has 19 heavy (non-hydrogen) atoms. The summed E-state index contributed by atoms with van der Waals surface area (Å²) in [7, 11) is 1.57. The Morgan fingerprint density at radius 1 is 1.42 bits per heavy atom. The maximum atomic E-state index is 12.2. The van der Waals surface area contributed by atoms with Crippen molar-refractivity contribution in [3.8, 4) is 5.75 Å². The molecule has 0 aliphatic heterocycles. The van der Waals surface area contributed by atoms with Crippen LogP contribution in [0.15, 0.2) is 24.3 Å². The number of benzene rings is 1. The highest BCUT2D eigenvalue weighted by Crippen LogP contribution is 2.22. The Morgan fingerprint density at radius 2 is 2.11 bits per heavy atom. The number of aliphatic hydroxyl groups is 1. The molecule has 0 saturated heterocycles. The standard InChI is InChI=1S/C15H23NO3/c1-15(2,3)13(8-9-17)16-14(18)11-6-5-7-12(10-11)19-4/h5-7,10,13,17H,8-9H2,1-4H3,(H,16,18). The van der Waals surface area contributed by atoms with E-state index in [-0.39, 0.29) is 24.0 Å². The van der Waals surface area contributed by atoms with E-state index in [1.54, 1.807) is 31.4 Å². The third-order valence-corrected chi connectivity index (χ3v) is 3.10. The molecule has 0 saturated carbocycles. The van der Waals surface area contributed by atoms with Crippen LogP contribution >= 0.6 is 0 Å². The minimum atomic E-state index is -0.146. The first-order valence-corrected chi connectivity index (χ1v) is 6.44. The molecule has 1 unspecified atom stereocenters. The Morgan fingerprint density at radius 3 is 2.63 bits per heavy atom. The van der Waals surface area contributed by atoms with Gasteiger partial charge in [0.05, 0.1) is 7.11 Å². The molecule has 1 aromatic carbocycles. The van der Waals surface area contributed by atoms with E-state index in [1.807, 2.05) is 20.8 Å². The average Bonchev–Trinajstić information content (AvgIpc) is 2.37. The van der Waals surface area contributed by atoms with Crippen LogP contribution in [0.2, 0.25) is 0 Å². The monoisotopic (exact) mass is 265 g/mol. The summed E-state index contributed by atoms with van der Waals surface area (Å²) >= 11 is 0. The molecule has 0 aliphatic rings. The molecular formula is C15H23NO3. The van der Waals surface area contributed by atoms with Gasteiger partial charge in [-0.1, -0.05) is 26.8 Å². The van der Waals surface area contributed by atoms with Gasteiger partial charge in [-0.15, -0.1) is 0 Å². The summed E-state index contributed by atoms with van der Waals surface area (Å²) in [5, 5.41) is 12.1. The molecular weight excluding hydrogens is 242 g/mol. The van der Waals surface area contributed by atoms with Crippen molar-refractivity contribution >= 4 is 5.91 Å². The molecule has 0 bridgehead atoms. The quantitative estimate of drug-likeness (QED) is 0.858. The third kappa shape index (κ3) is 4.56.